The molecule has 2 heterocycles. The molecule has 9 nitrogen and oxygen atoms in total. The number of fused-ring (bicyclic) bond motifs is 1. The zero-order chi connectivity index (χ0) is 22.0. The number of anilines is 2. The highest BCUT2D eigenvalue weighted by molar-refractivity contribution is 6.00. The first-order valence-corrected chi connectivity index (χ1v) is 10.1. The predicted molar refractivity (Wildman–Crippen MR) is 115 cm³/mol. The Balaban J connectivity index is 1.47. The van der Waals surface area contributed by atoms with Crippen LogP contribution in [0, 0.1) is 18.8 Å². The Labute approximate surface area is 179 Å². The third kappa shape index (κ3) is 4.46. The van der Waals surface area contributed by atoms with Crippen molar-refractivity contribution < 1.29 is 19.1 Å². The molecule has 0 bridgehead atoms. The number of para-hydroxylation sites is 1. The number of amides is 3. The molecule has 4 unspecified atom stereocenters. The van der Waals surface area contributed by atoms with Crippen LogP contribution in [0.15, 0.2) is 48.5 Å². The quantitative estimate of drug-likeness (QED) is 0.492. The van der Waals surface area contributed by atoms with Crippen LogP contribution in [0.25, 0.3) is 0 Å². The highest BCUT2D eigenvalue weighted by Crippen LogP contribution is 2.28. The molecule has 2 aromatic rings. The van der Waals surface area contributed by atoms with Crippen molar-refractivity contribution in [3.05, 3.63) is 54.1 Å². The van der Waals surface area contributed by atoms with Gasteiger partial charge in [0, 0.05) is 17.8 Å². The van der Waals surface area contributed by atoms with E-state index in [0.717, 1.165) is 11.3 Å². The molecule has 2 saturated heterocycles. The lowest BCUT2D eigenvalue weighted by Crippen LogP contribution is -2.72. The Morgan fingerprint density at radius 3 is 2.52 bits per heavy atom. The van der Waals surface area contributed by atoms with E-state index in [0.29, 0.717) is 11.4 Å². The minimum atomic E-state index is -0.784. The van der Waals surface area contributed by atoms with Gasteiger partial charge in [-0.15, -0.1) is 0 Å². The summed E-state index contributed by atoms with van der Waals surface area (Å²) in [5.74, 6) is -1.73. The van der Waals surface area contributed by atoms with Gasteiger partial charge < -0.3 is 26.0 Å². The van der Waals surface area contributed by atoms with Crippen LogP contribution >= 0.6 is 0 Å². The first-order chi connectivity index (χ1) is 14.9. The molecule has 4 rings (SSSR count). The van der Waals surface area contributed by atoms with Gasteiger partial charge in [0.2, 0.25) is 17.7 Å². The lowest BCUT2D eigenvalue weighted by molar-refractivity contribution is -0.144. The summed E-state index contributed by atoms with van der Waals surface area (Å²) >= 11 is 0. The summed E-state index contributed by atoms with van der Waals surface area (Å²) in [6.45, 7) is 1.89. The van der Waals surface area contributed by atoms with Crippen molar-refractivity contribution >= 4 is 29.1 Å². The van der Waals surface area contributed by atoms with Gasteiger partial charge in [-0.3, -0.25) is 19.7 Å². The van der Waals surface area contributed by atoms with Crippen LogP contribution in [0.1, 0.15) is 12.0 Å². The Hall–Kier alpha value is -3.59. The summed E-state index contributed by atoms with van der Waals surface area (Å²) in [6.07, 6.45) is -1.33. The molecule has 2 aromatic carbocycles. The molecule has 0 saturated carbocycles. The third-order valence-electron chi connectivity index (χ3n) is 5.59. The number of methoxy groups -OCH3 is 1. The molecule has 0 spiro atoms. The van der Waals surface area contributed by atoms with Crippen molar-refractivity contribution in [2.75, 3.05) is 17.7 Å². The first kappa shape index (κ1) is 20.7. The molecule has 2 fully saturated rings. The number of carbonyl (C=O) groups is 3. The van der Waals surface area contributed by atoms with Crippen LogP contribution in [0.4, 0.5) is 11.4 Å². The van der Waals surface area contributed by atoms with Crippen LogP contribution in [0.5, 0.6) is 5.75 Å². The number of carbonyl (C=O) groups excluding carboxylic acids is 3. The van der Waals surface area contributed by atoms with E-state index in [1.807, 2.05) is 37.3 Å². The Bertz CT molecular complexity index is 994. The molecular weight excluding hydrogens is 398 g/mol. The summed E-state index contributed by atoms with van der Waals surface area (Å²) in [7, 11) is 1.59. The van der Waals surface area contributed by atoms with E-state index in [-0.39, 0.29) is 24.1 Å². The first-order valence-electron chi connectivity index (χ1n) is 10.1. The van der Waals surface area contributed by atoms with Gasteiger partial charge in [-0.25, -0.2) is 0 Å². The maximum Gasteiger partial charge on any atom is 0.229 e. The molecule has 2 aliphatic rings. The van der Waals surface area contributed by atoms with Gasteiger partial charge in [0.1, 0.15) is 5.75 Å². The Morgan fingerprint density at radius 2 is 1.81 bits per heavy atom. The predicted octanol–water partition coefficient (Wildman–Crippen LogP) is 1.14. The number of piperidine rings is 1. The fourth-order valence-corrected chi connectivity index (χ4v) is 3.95. The lowest BCUT2D eigenvalue weighted by Gasteiger charge is -2.43. The molecule has 4 atom stereocenters. The molecule has 5 N–H and O–H groups in total. The molecule has 31 heavy (non-hydrogen) atoms. The maximum atomic E-state index is 13.0. The molecule has 162 valence electrons. The monoisotopic (exact) mass is 423 g/mol. The number of benzene rings is 2. The lowest BCUT2D eigenvalue weighted by atomic mass is 9.81. The second-order valence-corrected chi connectivity index (χ2v) is 7.67. The number of hydrogen-bond donors (Lipinski definition) is 5. The molecule has 9 heteroatoms. The molecule has 2 aliphatic heterocycles. The van der Waals surface area contributed by atoms with Gasteiger partial charge >= 0.3 is 0 Å². The average Bonchev–Trinajstić information content (AvgIpc) is 2.75. The van der Waals surface area contributed by atoms with E-state index in [1.165, 1.54) is 0 Å². The van der Waals surface area contributed by atoms with Crippen LogP contribution in [0.2, 0.25) is 0 Å². The molecule has 0 radical (unpaired) electrons. The molecular formula is C22H25N5O4. The second-order valence-electron chi connectivity index (χ2n) is 7.67. The van der Waals surface area contributed by atoms with E-state index >= 15 is 0 Å². The highest BCUT2D eigenvalue weighted by Gasteiger charge is 2.48. The van der Waals surface area contributed by atoms with Crippen molar-refractivity contribution in [1.29, 1.82) is 0 Å². The fraction of sp³-hybridized carbons (Fsp3) is 0.318. The van der Waals surface area contributed by atoms with Crippen molar-refractivity contribution in [2.45, 2.75) is 25.8 Å². The SMILES string of the molecule is COc1ccc(NC2NC(=O)C3C(NC(=O)CC3C(=O)Nc3ccccc3C)N2)cc1. The topological polar surface area (TPSA) is 121 Å². The normalized spacial score (nSPS) is 25.0. The average molecular weight is 423 g/mol. The van der Waals surface area contributed by atoms with Gasteiger partial charge in [0.15, 0.2) is 6.29 Å². The van der Waals surface area contributed by atoms with E-state index < -0.39 is 24.3 Å². The minimum absolute atomic E-state index is 0.0510. The van der Waals surface area contributed by atoms with Gasteiger partial charge in [-0.2, -0.15) is 0 Å². The minimum Gasteiger partial charge on any atom is -0.497 e. The summed E-state index contributed by atoms with van der Waals surface area (Å²) in [4.78, 5) is 38.2. The van der Waals surface area contributed by atoms with Crippen LogP contribution in [-0.4, -0.2) is 37.3 Å². The smallest absolute Gasteiger partial charge is 0.229 e. The van der Waals surface area contributed by atoms with E-state index in [9.17, 15) is 14.4 Å². The fourth-order valence-electron chi connectivity index (χ4n) is 3.95. The van der Waals surface area contributed by atoms with E-state index in [2.05, 4.69) is 26.6 Å². The zero-order valence-electron chi connectivity index (χ0n) is 17.3. The summed E-state index contributed by atoms with van der Waals surface area (Å²) < 4.78 is 5.14. The number of aryl methyl sites for hydroxylation is 1. The van der Waals surface area contributed by atoms with E-state index in [4.69, 9.17) is 4.74 Å². The van der Waals surface area contributed by atoms with Crippen LogP contribution in [-0.2, 0) is 14.4 Å². The van der Waals surface area contributed by atoms with Gasteiger partial charge in [-0.05, 0) is 42.8 Å². The number of hydrogen-bond acceptors (Lipinski definition) is 6. The number of nitrogens with one attached hydrogen (secondary N) is 5. The molecule has 0 aromatic heterocycles. The molecule has 3 amide bonds. The maximum absolute atomic E-state index is 13.0. The standard InChI is InChI=1S/C22H25N5O4/c1-12-5-3-4-6-16(12)24-20(29)15-11-17(28)25-19-18(15)21(30)27-22(26-19)23-13-7-9-14(31-2)10-8-13/h3-10,15,18-19,22-23,26H,11H2,1-2H3,(H,24,29)(H,25,28)(H,27,30). The second kappa shape index (κ2) is 8.65. The van der Waals surface area contributed by atoms with Crippen LogP contribution in [0.3, 0.4) is 0 Å². The summed E-state index contributed by atoms with van der Waals surface area (Å²) in [5, 5.41) is 14.8. The summed E-state index contributed by atoms with van der Waals surface area (Å²) in [5.41, 5.74) is 2.33. The third-order valence-corrected chi connectivity index (χ3v) is 5.59. The summed E-state index contributed by atoms with van der Waals surface area (Å²) in [6, 6.07) is 14.6. The zero-order valence-corrected chi connectivity index (χ0v) is 17.3. The van der Waals surface area contributed by atoms with Crippen molar-refractivity contribution in [1.82, 2.24) is 16.0 Å². The Kier molecular flexibility index (Phi) is 5.77. The van der Waals surface area contributed by atoms with E-state index in [1.54, 1.807) is 25.3 Å². The van der Waals surface area contributed by atoms with Crippen molar-refractivity contribution in [3.8, 4) is 5.75 Å². The largest absolute Gasteiger partial charge is 0.497 e. The number of rotatable bonds is 5. The molecule has 0 aliphatic carbocycles. The van der Waals surface area contributed by atoms with Crippen molar-refractivity contribution in [2.24, 2.45) is 11.8 Å². The van der Waals surface area contributed by atoms with Gasteiger partial charge in [0.25, 0.3) is 0 Å². The van der Waals surface area contributed by atoms with Crippen LogP contribution < -0.4 is 31.3 Å². The van der Waals surface area contributed by atoms with Gasteiger partial charge in [0.05, 0.1) is 25.1 Å². The Morgan fingerprint density at radius 1 is 1.06 bits per heavy atom. The van der Waals surface area contributed by atoms with Gasteiger partial charge in [-0.1, -0.05) is 18.2 Å². The highest BCUT2D eigenvalue weighted by atomic mass is 16.5. The number of ether oxygens (including phenoxy) is 1. The van der Waals surface area contributed by atoms with Crippen molar-refractivity contribution in [3.63, 3.8) is 0 Å².